The average molecular weight is 156 g/mol. The number of hydrogen-bond donors (Lipinski definition) is 1. The molecule has 1 aliphatic heterocycles. The smallest absolute Gasteiger partial charge is 0.0571 e. The molecular formula is C9H20N2. The van der Waals surface area contributed by atoms with Crippen molar-refractivity contribution < 1.29 is 0 Å². The standard InChI is InChI=1S/C9H20N2/c1-3-4-8-5-6-11(2)9(10)7-8/h8-9H,3-7,10H2,1-2H3/t8?,9-/m1/s1. The molecule has 2 nitrogen and oxygen atoms in total. The summed E-state index contributed by atoms with van der Waals surface area (Å²) in [6, 6.07) is 0. The van der Waals surface area contributed by atoms with Crippen LogP contribution in [-0.2, 0) is 0 Å². The first kappa shape index (κ1) is 9.01. The molecule has 0 aromatic rings. The van der Waals surface area contributed by atoms with E-state index in [1.807, 2.05) is 0 Å². The Morgan fingerprint density at radius 3 is 2.82 bits per heavy atom. The molecule has 66 valence electrons. The minimum absolute atomic E-state index is 0.320. The van der Waals surface area contributed by atoms with Crippen molar-refractivity contribution in [2.24, 2.45) is 11.7 Å². The average Bonchev–Trinajstić information content (AvgIpc) is 1.98. The zero-order valence-corrected chi connectivity index (χ0v) is 7.71. The highest BCUT2D eigenvalue weighted by molar-refractivity contribution is 4.75. The van der Waals surface area contributed by atoms with Crippen LogP contribution in [0.25, 0.3) is 0 Å². The van der Waals surface area contributed by atoms with Gasteiger partial charge in [0.1, 0.15) is 0 Å². The molecule has 1 rings (SSSR count). The van der Waals surface area contributed by atoms with Crippen molar-refractivity contribution in [2.75, 3.05) is 13.6 Å². The van der Waals surface area contributed by atoms with Crippen molar-refractivity contribution >= 4 is 0 Å². The van der Waals surface area contributed by atoms with Crippen LogP contribution in [0.5, 0.6) is 0 Å². The lowest BCUT2D eigenvalue weighted by atomic mass is 9.91. The van der Waals surface area contributed by atoms with Crippen LogP contribution in [0.1, 0.15) is 32.6 Å². The Morgan fingerprint density at radius 1 is 1.55 bits per heavy atom. The summed E-state index contributed by atoms with van der Waals surface area (Å²) in [4.78, 5) is 2.26. The maximum atomic E-state index is 5.92. The Labute approximate surface area is 69.8 Å². The highest BCUT2D eigenvalue weighted by Crippen LogP contribution is 2.22. The normalized spacial score (nSPS) is 34.1. The van der Waals surface area contributed by atoms with Crippen LogP contribution < -0.4 is 5.73 Å². The Balaban J connectivity index is 2.28. The van der Waals surface area contributed by atoms with Crippen LogP contribution in [0.15, 0.2) is 0 Å². The van der Waals surface area contributed by atoms with Crippen LogP contribution in [0, 0.1) is 5.92 Å². The first-order valence-electron chi connectivity index (χ1n) is 4.70. The van der Waals surface area contributed by atoms with E-state index in [0.29, 0.717) is 6.17 Å². The minimum Gasteiger partial charge on any atom is -0.316 e. The molecule has 0 bridgehead atoms. The molecule has 2 atom stereocenters. The highest BCUT2D eigenvalue weighted by atomic mass is 15.2. The Bertz CT molecular complexity index is 114. The zero-order valence-electron chi connectivity index (χ0n) is 7.71. The van der Waals surface area contributed by atoms with Crippen molar-refractivity contribution in [3.63, 3.8) is 0 Å². The Kier molecular flexibility index (Phi) is 3.34. The third-order valence-electron chi connectivity index (χ3n) is 2.73. The van der Waals surface area contributed by atoms with Crippen molar-refractivity contribution in [2.45, 2.75) is 38.8 Å². The molecule has 2 heteroatoms. The lowest BCUT2D eigenvalue weighted by molar-refractivity contribution is 0.140. The minimum atomic E-state index is 0.320. The molecule has 0 aromatic carbocycles. The van der Waals surface area contributed by atoms with Crippen LogP contribution in [0.3, 0.4) is 0 Å². The molecule has 1 heterocycles. The lowest BCUT2D eigenvalue weighted by Crippen LogP contribution is -2.45. The van der Waals surface area contributed by atoms with E-state index < -0.39 is 0 Å². The van der Waals surface area contributed by atoms with Crippen molar-refractivity contribution in [3.05, 3.63) is 0 Å². The quantitative estimate of drug-likeness (QED) is 0.655. The SMILES string of the molecule is CCCC1CCN(C)[C@@H](N)C1. The van der Waals surface area contributed by atoms with E-state index in [4.69, 9.17) is 5.73 Å². The summed E-state index contributed by atoms with van der Waals surface area (Å²) in [5.41, 5.74) is 5.92. The first-order valence-corrected chi connectivity index (χ1v) is 4.70. The van der Waals surface area contributed by atoms with Crippen LogP contribution in [0.4, 0.5) is 0 Å². The van der Waals surface area contributed by atoms with Crippen LogP contribution >= 0.6 is 0 Å². The van der Waals surface area contributed by atoms with E-state index in [1.54, 1.807) is 0 Å². The Hall–Kier alpha value is -0.0800. The number of nitrogens with zero attached hydrogens (tertiary/aromatic N) is 1. The molecular weight excluding hydrogens is 136 g/mol. The molecule has 0 spiro atoms. The maximum Gasteiger partial charge on any atom is 0.0571 e. The van der Waals surface area contributed by atoms with Gasteiger partial charge in [0.15, 0.2) is 0 Å². The molecule has 1 fully saturated rings. The molecule has 0 saturated carbocycles. The lowest BCUT2D eigenvalue weighted by Gasteiger charge is -2.34. The number of piperidine rings is 1. The molecule has 0 aromatic heterocycles. The summed E-state index contributed by atoms with van der Waals surface area (Å²) in [7, 11) is 2.12. The molecule has 1 unspecified atom stereocenters. The van der Waals surface area contributed by atoms with E-state index >= 15 is 0 Å². The topological polar surface area (TPSA) is 29.3 Å². The maximum absolute atomic E-state index is 5.92. The Morgan fingerprint density at radius 2 is 2.27 bits per heavy atom. The second-order valence-corrected chi connectivity index (χ2v) is 3.73. The number of rotatable bonds is 2. The summed E-state index contributed by atoms with van der Waals surface area (Å²) in [6.07, 6.45) is 5.53. The van der Waals surface area contributed by atoms with E-state index in [1.165, 1.54) is 32.2 Å². The van der Waals surface area contributed by atoms with Gasteiger partial charge in [-0.05, 0) is 32.4 Å². The van der Waals surface area contributed by atoms with Gasteiger partial charge in [0.25, 0.3) is 0 Å². The number of nitrogens with two attached hydrogens (primary N) is 1. The summed E-state index contributed by atoms with van der Waals surface area (Å²) in [6.45, 7) is 3.44. The van der Waals surface area contributed by atoms with Gasteiger partial charge >= 0.3 is 0 Å². The van der Waals surface area contributed by atoms with Crippen LogP contribution in [0.2, 0.25) is 0 Å². The van der Waals surface area contributed by atoms with Gasteiger partial charge in [-0.3, -0.25) is 4.90 Å². The second-order valence-electron chi connectivity index (χ2n) is 3.73. The van der Waals surface area contributed by atoms with Gasteiger partial charge in [0.05, 0.1) is 6.17 Å². The predicted molar refractivity (Wildman–Crippen MR) is 48.2 cm³/mol. The fourth-order valence-corrected chi connectivity index (χ4v) is 1.86. The summed E-state index contributed by atoms with van der Waals surface area (Å²) in [5, 5.41) is 0. The van der Waals surface area contributed by atoms with Gasteiger partial charge in [-0.2, -0.15) is 0 Å². The van der Waals surface area contributed by atoms with Gasteiger partial charge in [0, 0.05) is 0 Å². The number of hydrogen-bond acceptors (Lipinski definition) is 2. The second kappa shape index (κ2) is 4.07. The van der Waals surface area contributed by atoms with E-state index in [9.17, 15) is 0 Å². The molecule has 11 heavy (non-hydrogen) atoms. The van der Waals surface area contributed by atoms with Gasteiger partial charge in [-0.25, -0.2) is 0 Å². The highest BCUT2D eigenvalue weighted by Gasteiger charge is 2.21. The van der Waals surface area contributed by atoms with E-state index in [2.05, 4.69) is 18.9 Å². The zero-order chi connectivity index (χ0) is 8.27. The third-order valence-corrected chi connectivity index (χ3v) is 2.73. The largest absolute Gasteiger partial charge is 0.316 e. The fraction of sp³-hybridized carbons (Fsp3) is 1.00. The van der Waals surface area contributed by atoms with E-state index in [-0.39, 0.29) is 0 Å². The van der Waals surface area contributed by atoms with Gasteiger partial charge < -0.3 is 5.73 Å². The monoisotopic (exact) mass is 156 g/mol. The van der Waals surface area contributed by atoms with Crippen LogP contribution in [-0.4, -0.2) is 24.7 Å². The molecule has 0 radical (unpaired) electrons. The summed E-state index contributed by atoms with van der Waals surface area (Å²) < 4.78 is 0. The van der Waals surface area contributed by atoms with Gasteiger partial charge in [-0.1, -0.05) is 19.8 Å². The van der Waals surface area contributed by atoms with Crippen molar-refractivity contribution in [1.82, 2.24) is 4.90 Å². The van der Waals surface area contributed by atoms with Crippen molar-refractivity contribution in [1.29, 1.82) is 0 Å². The fourth-order valence-electron chi connectivity index (χ4n) is 1.86. The molecule has 1 aliphatic rings. The molecule has 1 saturated heterocycles. The first-order chi connectivity index (χ1) is 5.24. The molecule has 2 N–H and O–H groups in total. The summed E-state index contributed by atoms with van der Waals surface area (Å²) >= 11 is 0. The molecule has 0 aliphatic carbocycles. The van der Waals surface area contributed by atoms with E-state index in [0.717, 1.165) is 5.92 Å². The van der Waals surface area contributed by atoms with Gasteiger partial charge in [0.2, 0.25) is 0 Å². The predicted octanol–water partition coefficient (Wildman–Crippen LogP) is 1.41. The summed E-state index contributed by atoms with van der Waals surface area (Å²) in [5.74, 6) is 0.895. The molecule has 0 amide bonds. The third kappa shape index (κ3) is 2.46. The van der Waals surface area contributed by atoms with Gasteiger partial charge in [-0.15, -0.1) is 0 Å². The van der Waals surface area contributed by atoms with Crippen molar-refractivity contribution in [3.8, 4) is 0 Å². The number of likely N-dealkylation sites (tertiary alicyclic amines) is 1.